The van der Waals surface area contributed by atoms with E-state index in [-0.39, 0.29) is 17.6 Å². The van der Waals surface area contributed by atoms with Gasteiger partial charge in [0.1, 0.15) is 17.1 Å². The zero-order chi connectivity index (χ0) is 22.4. The average molecular weight is 443 g/mol. The van der Waals surface area contributed by atoms with Crippen LogP contribution in [-0.2, 0) is 9.53 Å². The first-order chi connectivity index (χ1) is 14.8. The zero-order valence-electron chi connectivity index (χ0n) is 17.0. The number of esters is 1. The Kier molecular flexibility index (Phi) is 7.43. The normalized spacial score (nSPS) is 15.1. The van der Waals surface area contributed by atoms with E-state index in [2.05, 4.69) is 5.32 Å². The molecule has 31 heavy (non-hydrogen) atoms. The average Bonchev–Trinajstić information content (AvgIpc) is 3.37. The van der Waals surface area contributed by atoms with Gasteiger partial charge in [-0.1, -0.05) is 30.4 Å². The molecule has 3 rings (SSSR count). The second-order valence-electron chi connectivity index (χ2n) is 7.42. The van der Waals surface area contributed by atoms with Crippen molar-refractivity contribution in [1.29, 1.82) is 0 Å². The van der Waals surface area contributed by atoms with E-state index in [1.165, 1.54) is 11.3 Å². The number of nitrogens with one attached hydrogen (secondary N) is 1. The van der Waals surface area contributed by atoms with E-state index in [9.17, 15) is 14.4 Å². The lowest BCUT2D eigenvalue weighted by Gasteiger charge is -2.14. The van der Waals surface area contributed by atoms with Crippen molar-refractivity contribution in [1.82, 2.24) is 0 Å². The van der Waals surface area contributed by atoms with Gasteiger partial charge in [0.15, 0.2) is 0 Å². The lowest BCUT2D eigenvalue weighted by molar-refractivity contribution is -0.150. The number of benzene rings is 1. The topological polar surface area (TPSA) is 151 Å². The largest absolute Gasteiger partial charge is 0.461 e. The van der Waals surface area contributed by atoms with Gasteiger partial charge in [-0.2, -0.15) is 0 Å². The highest BCUT2D eigenvalue weighted by Crippen LogP contribution is 2.35. The Balaban J connectivity index is 1.66. The van der Waals surface area contributed by atoms with E-state index in [4.69, 9.17) is 21.9 Å². The summed E-state index contributed by atoms with van der Waals surface area (Å²) in [7, 11) is 0. The van der Waals surface area contributed by atoms with Crippen molar-refractivity contribution < 1.29 is 19.1 Å². The number of anilines is 1. The predicted molar refractivity (Wildman–Crippen MR) is 121 cm³/mol. The Morgan fingerprint density at radius 1 is 1.19 bits per heavy atom. The SMILES string of the molecule is NC(=O)Nc1sc(-c2cccc(C=CC[C@H](N)C(=O)OC3CCCC3)c2)cc1C(N)=O. The highest BCUT2D eigenvalue weighted by atomic mass is 32.1. The predicted octanol–water partition coefficient (Wildman–Crippen LogP) is 3.22. The number of rotatable bonds is 8. The summed E-state index contributed by atoms with van der Waals surface area (Å²) in [4.78, 5) is 35.7. The summed E-state index contributed by atoms with van der Waals surface area (Å²) in [6, 6.07) is 7.74. The molecule has 1 aliphatic rings. The Morgan fingerprint density at radius 3 is 2.61 bits per heavy atom. The molecular weight excluding hydrogens is 416 g/mol. The van der Waals surface area contributed by atoms with Gasteiger partial charge in [-0.15, -0.1) is 11.3 Å². The molecule has 0 unspecified atom stereocenters. The third-order valence-corrected chi connectivity index (χ3v) is 6.09. The van der Waals surface area contributed by atoms with E-state index < -0.39 is 18.0 Å². The highest BCUT2D eigenvalue weighted by Gasteiger charge is 2.22. The van der Waals surface area contributed by atoms with Gasteiger partial charge in [0.05, 0.1) is 5.56 Å². The fourth-order valence-electron chi connectivity index (χ4n) is 3.42. The molecule has 0 saturated heterocycles. The third kappa shape index (κ3) is 6.16. The van der Waals surface area contributed by atoms with Gasteiger partial charge in [0.25, 0.3) is 5.91 Å². The van der Waals surface area contributed by atoms with Crippen LogP contribution < -0.4 is 22.5 Å². The summed E-state index contributed by atoms with van der Waals surface area (Å²) in [5.41, 5.74) is 18.5. The summed E-state index contributed by atoms with van der Waals surface area (Å²) in [6.07, 6.45) is 8.09. The van der Waals surface area contributed by atoms with Gasteiger partial charge in [-0.25, -0.2) is 4.79 Å². The number of ether oxygens (including phenoxy) is 1. The molecule has 9 heteroatoms. The molecule has 8 nitrogen and oxygen atoms in total. The number of hydrogen-bond acceptors (Lipinski definition) is 6. The van der Waals surface area contributed by atoms with Gasteiger partial charge in [0.2, 0.25) is 0 Å². The molecular formula is C22H26N4O4S. The van der Waals surface area contributed by atoms with E-state index >= 15 is 0 Å². The minimum atomic E-state index is -0.768. The fourth-order valence-corrected chi connectivity index (χ4v) is 4.48. The van der Waals surface area contributed by atoms with Crippen LogP contribution in [0.1, 0.15) is 48.0 Å². The lowest BCUT2D eigenvalue weighted by Crippen LogP contribution is -2.33. The van der Waals surface area contributed by atoms with Crippen LogP contribution in [0.2, 0.25) is 0 Å². The molecule has 0 bridgehead atoms. The molecule has 1 saturated carbocycles. The molecule has 1 aromatic carbocycles. The second kappa shape index (κ2) is 10.2. The van der Waals surface area contributed by atoms with Crippen LogP contribution in [0.4, 0.5) is 9.80 Å². The van der Waals surface area contributed by atoms with Crippen molar-refractivity contribution in [2.75, 3.05) is 5.32 Å². The van der Waals surface area contributed by atoms with E-state index in [0.717, 1.165) is 41.7 Å². The zero-order valence-corrected chi connectivity index (χ0v) is 17.8. The van der Waals surface area contributed by atoms with E-state index in [1.54, 1.807) is 6.07 Å². The van der Waals surface area contributed by atoms with Crippen molar-refractivity contribution >= 4 is 40.3 Å². The standard InChI is InChI=1S/C22H26N4O4S/c23-17(21(28)30-15-8-1-2-9-15)10-4-6-13-5-3-7-14(11-13)18-12-16(19(24)27)20(31-18)26-22(25)29/h3-7,11-12,15,17H,1-2,8-10,23H2,(H2,24,27)(H3,25,26,29)/t17-/m0/s1. The van der Waals surface area contributed by atoms with Crippen molar-refractivity contribution in [3.8, 4) is 10.4 Å². The first kappa shape index (κ1) is 22.5. The summed E-state index contributed by atoms with van der Waals surface area (Å²) in [6.45, 7) is 0. The molecule has 1 aromatic heterocycles. The van der Waals surface area contributed by atoms with E-state index in [1.807, 2.05) is 36.4 Å². The Bertz CT molecular complexity index is 995. The van der Waals surface area contributed by atoms with Crippen LogP contribution in [0.5, 0.6) is 0 Å². The summed E-state index contributed by atoms with van der Waals surface area (Å²) >= 11 is 1.21. The molecule has 1 aliphatic carbocycles. The maximum atomic E-state index is 12.1. The van der Waals surface area contributed by atoms with Crippen molar-refractivity contribution in [3.05, 3.63) is 47.5 Å². The maximum absolute atomic E-state index is 12.1. The highest BCUT2D eigenvalue weighted by molar-refractivity contribution is 7.20. The Labute approximate surface area is 184 Å². The molecule has 2 aromatic rings. The first-order valence-electron chi connectivity index (χ1n) is 10.1. The number of amides is 3. The summed E-state index contributed by atoms with van der Waals surface area (Å²) < 4.78 is 5.44. The van der Waals surface area contributed by atoms with Crippen molar-refractivity contribution in [2.45, 2.75) is 44.2 Å². The molecule has 1 atom stereocenters. The van der Waals surface area contributed by atoms with Gasteiger partial charge in [-0.3, -0.25) is 14.9 Å². The van der Waals surface area contributed by atoms with Crippen LogP contribution in [-0.4, -0.2) is 30.1 Å². The van der Waals surface area contributed by atoms with Gasteiger partial charge in [0, 0.05) is 4.88 Å². The van der Waals surface area contributed by atoms with Crippen molar-refractivity contribution in [2.24, 2.45) is 17.2 Å². The van der Waals surface area contributed by atoms with E-state index in [0.29, 0.717) is 11.4 Å². The molecule has 0 radical (unpaired) electrons. The quantitative estimate of drug-likeness (QED) is 0.463. The molecule has 3 amide bonds. The molecule has 0 aliphatic heterocycles. The summed E-state index contributed by atoms with van der Waals surface area (Å²) in [5, 5.41) is 2.74. The number of nitrogens with two attached hydrogens (primary N) is 3. The first-order valence-corrected chi connectivity index (χ1v) is 10.9. The van der Waals surface area contributed by atoms with Crippen molar-refractivity contribution in [3.63, 3.8) is 0 Å². The molecule has 7 N–H and O–H groups in total. The molecule has 0 spiro atoms. The lowest BCUT2D eigenvalue weighted by atomic mass is 10.1. The minimum Gasteiger partial charge on any atom is -0.461 e. The van der Waals surface area contributed by atoms with Crippen LogP contribution in [0.25, 0.3) is 16.5 Å². The minimum absolute atomic E-state index is 0.00393. The Hall–Kier alpha value is -3.17. The Morgan fingerprint density at radius 2 is 1.94 bits per heavy atom. The number of carbonyl (C=O) groups is 3. The van der Waals surface area contributed by atoms with Gasteiger partial charge in [-0.05, 0) is 55.4 Å². The molecule has 1 heterocycles. The van der Waals surface area contributed by atoms with Gasteiger partial charge >= 0.3 is 12.0 Å². The van der Waals surface area contributed by atoms with Crippen LogP contribution in [0.15, 0.2) is 36.4 Å². The second-order valence-corrected chi connectivity index (χ2v) is 8.47. The smallest absolute Gasteiger partial charge is 0.323 e. The fraction of sp³-hybridized carbons (Fsp3) is 0.318. The van der Waals surface area contributed by atoms with Crippen LogP contribution >= 0.6 is 11.3 Å². The van der Waals surface area contributed by atoms with Gasteiger partial charge < -0.3 is 21.9 Å². The number of primary amides is 2. The number of carbonyl (C=O) groups excluding carboxylic acids is 3. The summed E-state index contributed by atoms with van der Waals surface area (Å²) in [5.74, 6) is -1.02. The maximum Gasteiger partial charge on any atom is 0.323 e. The number of hydrogen-bond donors (Lipinski definition) is 4. The number of urea groups is 1. The monoisotopic (exact) mass is 442 g/mol. The third-order valence-electron chi connectivity index (χ3n) is 4.99. The molecule has 1 fully saturated rings. The molecule has 164 valence electrons. The van der Waals surface area contributed by atoms with Crippen LogP contribution in [0.3, 0.4) is 0 Å². The number of thiophene rings is 1. The van der Waals surface area contributed by atoms with Crippen LogP contribution in [0, 0.1) is 0 Å².